The molecule has 0 aliphatic rings. The van der Waals surface area contributed by atoms with Gasteiger partial charge in [-0.3, -0.25) is 4.79 Å². The molecule has 1 amide bonds. The zero-order chi connectivity index (χ0) is 19.2. The highest BCUT2D eigenvalue weighted by Gasteiger charge is 2.37. The first-order valence-corrected chi connectivity index (χ1v) is 7.23. The van der Waals surface area contributed by atoms with Crippen LogP contribution in [0.4, 0.5) is 24.7 Å². The van der Waals surface area contributed by atoms with Gasteiger partial charge >= 0.3 is 23.6 Å². The molecule has 0 bridgehead atoms. The van der Waals surface area contributed by atoms with E-state index < -0.39 is 22.6 Å². The Bertz CT molecular complexity index is 1040. The van der Waals surface area contributed by atoms with Gasteiger partial charge in [-0.25, -0.2) is 0 Å². The molecule has 0 aliphatic heterocycles. The van der Waals surface area contributed by atoms with Gasteiger partial charge in [-0.2, -0.15) is 18.3 Å². The Morgan fingerprint density at radius 1 is 1.38 bits per heavy atom. The third-order valence-electron chi connectivity index (χ3n) is 3.62. The van der Waals surface area contributed by atoms with Crippen LogP contribution in [0.15, 0.2) is 24.3 Å². The number of aryl methyl sites for hydroxylation is 2. The van der Waals surface area contributed by atoms with E-state index in [1.54, 1.807) is 0 Å². The molecule has 3 rings (SSSR count). The van der Waals surface area contributed by atoms with Crippen LogP contribution in [0.5, 0.6) is 0 Å². The maximum atomic E-state index is 12.8. The molecule has 0 fully saturated rings. The number of nitrogens with zero attached hydrogens (tertiary/aromatic N) is 4. The quantitative estimate of drug-likeness (QED) is 0.418. The molecule has 26 heavy (non-hydrogen) atoms. The van der Waals surface area contributed by atoms with Crippen molar-refractivity contribution in [1.29, 1.82) is 0 Å². The Kier molecular flexibility index (Phi) is 3.89. The first-order valence-electron chi connectivity index (χ1n) is 7.23. The molecule has 3 aromatic rings. The molecular weight excluding hydrogens is 357 g/mol. The van der Waals surface area contributed by atoms with Gasteiger partial charge in [0.05, 0.1) is 5.56 Å². The molecular formula is C14H12F3N6O3+. The second kappa shape index (κ2) is 5.82. The molecule has 12 heteroatoms. The fourth-order valence-electron chi connectivity index (χ4n) is 2.52. The average Bonchev–Trinajstić information content (AvgIpc) is 2.98. The van der Waals surface area contributed by atoms with Gasteiger partial charge in [-0.05, 0) is 30.0 Å². The lowest BCUT2D eigenvalue weighted by Gasteiger charge is -2.08. The number of hydrogen-bond donors (Lipinski definition) is 2. The van der Waals surface area contributed by atoms with Crippen LogP contribution in [0, 0.1) is 24.0 Å². The van der Waals surface area contributed by atoms with Crippen LogP contribution in [0.25, 0.3) is 0 Å². The first kappa shape index (κ1) is 17.4. The van der Waals surface area contributed by atoms with E-state index in [2.05, 4.69) is 15.5 Å². The van der Waals surface area contributed by atoms with Crippen molar-refractivity contribution < 1.29 is 27.5 Å². The highest BCUT2D eigenvalue weighted by atomic mass is 19.4. The molecule has 2 N–H and O–H groups in total. The molecule has 0 saturated carbocycles. The average molecular weight is 369 g/mol. The summed E-state index contributed by atoms with van der Waals surface area (Å²) in [5.74, 6) is -1.12. The molecule has 0 unspecified atom stereocenters. The fraction of sp³-hybridized carbons (Fsp3) is 0.214. The highest BCUT2D eigenvalue weighted by Crippen LogP contribution is 2.30. The Morgan fingerprint density at radius 3 is 2.69 bits per heavy atom. The molecule has 2 aromatic heterocycles. The summed E-state index contributed by atoms with van der Waals surface area (Å²) in [6.45, 7) is 2.89. The normalized spacial score (nSPS) is 11.7. The zero-order valence-corrected chi connectivity index (χ0v) is 13.5. The van der Waals surface area contributed by atoms with Crippen LogP contribution in [0.1, 0.15) is 27.4 Å². The summed E-state index contributed by atoms with van der Waals surface area (Å²) >= 11 is 0. The smallest absolute Gasteiger partial charge is 0.358 e. The van der Waals surface area contributed by atoms with Gasteiger partial charge in [0.25, 0.3) is 5.69 Å². The lowest BCUT2D eigenvalue weighted by Crippen LogP contribution is -2.37. The number of aromatic nitrogens is 4. The number of alkyl halides is 3. The molecule has 1 aromatic carbocycles. The minimum Gasteiger partial charge on any atom is -0.358 e. The van der Waals surface area contributed by atoms with Crippen molar-refractivity contribution in [2.24, 2.45) is 0 Å². The lowest BCUT2D eigenvalue weighted by atomic mass is 10.2. The Morgan fingerprint density at radius 2 is 2.08 bits per heavy atom. The Hall–Kier alpha value is -3.44. The Labute approximate surface area is 143 Å². The Balaban J connectivity index is 2.00. The monoisotopic (exact) mass is 369 g/mol. The van der Waals surface area contributed by atoms with Crippen molar-refractivity contribution in [2.45, 2.75) is 20.0 Å². The summed E-state index contributed by atoms with van der Waals surface area (Å²) in [5.41, 5.74) is -0.726. The van der Waals surface area contributed by atoms with E-state index >= 15 is 0 Å². The summed E-state index contributed by atoms with van der Waals surface area (Å²) in [4.78, 5) is 23.0. The summed E-state index contributed by atoms with van der Waals surface area (Å²) in [6, 6.07) is 4.14. The van der Waals surface area contributed by atoms with E-state index in [0.717, 1.165) is 27.5 Å². The minimum atomic E-state index is -4.55. The molecule has 0 spiro atoms. The van der Waals surface area contributed by atoms with Gasteiger partial charge < -0.3 is 15.4 Å². The van der Waals surface area contributed by atoms with Crippen LogP contribution in [0.2, 0.25) is 0 Å². The molecule has 136 valence electrons. The fourth-order valence-corrected chi connectivity index (χ4v) is 2.52. The summed E-state index contributed by atoms with van der Waals surface area (Å²) in [7, 11) is 0. The van der Waals surface area contributed by atoms with Crippen molar-refractivity contribution in [3.8, 4) is 0 Å². The summed E-state index contributed by atoms with van der Waals surface area (Å²) < 4.78 is 40.3. The standard InChI is InChI=1S/C14H11F3N6O3/c1-7-11(21-20-8(2)13(23(25)26)22(21)19-7)12(24)18-10-5-3-4-9(6-10)14(15,16)17/h3-6H,1-2H3,(H-,18,19,20,24)/p+1. The number of carbonyl (C=O) groups excluding carboxylic acids is 1. The maximum absolute atomic E-state index is 12.8. The summed E-state index contributed by atoms with van der Waals surface area (Å²) in [6.07, 6.45) is -4.55. The number of nitro groups is 1. The van der Waals surface area contributed by atoms with E-state index in [0.29, 0.717) is 0 Å². The van der Waals surface area contributed by atoms with E-state index in [1.807, 2.05) is 0 Å². The predicted octanol–water partition coefficient (Wildman–Crippen LogP) is 2.04. The van der Waals surface area contributed by atoms with Gasteiger partial charge in [0, 0.05) is 17.2 Å². The molecule has 0 atom stereocenters. The number of benzene rings is 1. The lowest BCUT2D eigenvalue weighted by molar-refractivity contribution is -0.682. The number of aromatic amines is 1. The van der Waals surface area contributed by atoms with Gasteiger partial charge in [0.1, 0.15) is 5.10 Å². The number of fused-ring (bicyclic) bond motifs is 1. The number of amides is 1. The van der Waals surface area contributed by atoms with Gasteiger partial charge in [-0.15, -0.1) is 0 Å². The van der Waals surface area contributed by atoms with Crippen molar-refractivity contribution in [3.63, 3.8) is 0 Å². The number of hydrogen-bond acceptors (Lipinski definition) is 4. The number of rotatable bonds is 3. The van der Waals surface area contributed by atoms with Crippen molar-refractivity contribution in [2.75, 3.05) is 5.32 Å². The molecule has 9 nitrogen and oxygen atoms in total. The minimum absolute atomic E-state index is 0.0676. The molecule has 0 aliphatic carbocycles. The second-order valence-corrected chi connectivity index (χ2v) is 5.49. The largest absolute Gasteiger partial charge is 0.436 e. The second-order valence-electron chi connectivity index (χ2n) is 5.49. The molecule has 0 radical (unpaired) electrons. The van der Waals surface area contributed by atoms with Crippen molar-refractivity contribution >= 4 is 17.4 Å². The highest BCUT2D eigenvalue weighted by molar-refractivity contribution is 6.02. The number of carbonyl (C=O) groups is 1. The molecule has 0 saturated heterocycles. The number of nitrogens with one attached hydrogen (secondary N) is 2. The van der Waals surface area contributed by atoms with Gasteiger partial charge in [0.2, 0.25) is 0 Å². The zero-order valence-electron chi connectivity index (χ0n) is 13.5. The number of anilines is 1. The van der Waals surface area contributed by atoms with E-state index in [4.69, 9.17) is 0 Å². The van der Waals surface area contributed by atoms with E-state index in [9.17, 15) is 28.1 Å². The maximum Gasteiger partial charge on any atom is 0.436 e. The van der Waals surface area contributed by atoms with Crippen LogP contribution in [0.3, 0.4) is 0 Å². The molecule has 2 heterocycles. The SMILES string of the molecule is Cc1nn2c([N+](=O)[O-])c(C)[nH][n+]2c1C(=O)Nc1cccc(C(F)(F)F)c1. The third-order valence-corrected chi connectivity index (χ3v) is 3.62. The topological polar surface area (TPSA) is 109 Å². The summed E-state index contributed by atoms with van der Waals surface area (Å²) in [5, 5.41) is 20.0. The van der Waals surface area contributed by atoms with E-state index in [-0.39, 0.29) is 28.6 Å². The van der Waals surface area contributed by atoms with Crippen molar-refractivity contribution in [3.05, 3.63) is 57.0 Å². The van der Waals surface area contributed by atoms with Crippen LogP contribution in [-0.2, 0) is 6.18 Å². The third kappa shape index (κ3) is 2.85. The van der Waals surface area contributed by atoms with Crippen LogP contribution in [-0.4, -0.2) is 25.7 Å². The predicted molar refractivity (Wildman–Crippen MR) is 80.7 cm³/mol. The van der Waals surface area contributed by atoms with Gasteiger partial charge in [-0.1, -0.05) is 6.07 Å². The first-order chi connectivity index (χ1) is 12.1. The van der Waals surface area contributed by atoms with E-state index in [1.165, 1.54) is 19.9 Å². The van der Waals surface area contributed by atoms with Gasteiger partial charge in [0.15, 0.2) is 10.3 Å². The number of H-pyrrole nitrogens is 1. The number of halogens is 3. The van der Waals surface area contributed by atoms with Crippen LogP contribution >= 0.6 is 0 Å². The van der Waals surface area contributed by atoms with Crippen molar-refractivity contribution in [1.82, 2.24) is 14.8 Å². The van der Waals surface area contributed by atoms with Crippen LogP contribution < -0.4 is 9.95 Å².